The van der Waals surface area contributed by atoms with Gasteiger partial charge in [0, 0.05) is 28.6 Å². The van der Waals surface area contributed by atoms with Crippen LogP contribution in [0, 0.1) is 0 Å². The lowest BCUT2D eigenvalue weighted by Gasteiger charge is -2.07. The minimum Gasteiger partial charge on any atom is -0.380 e. The van der Waals surface area contributed by atoms with Gasteiger partial charge in [-0.05, 0) is 56.0 Å². The summed E-state index contributed by atoms with van der Waals surface area (Å²) >= 11 is 6.96. The third kappa shape index (κ3) is 6.55. The van der Waals surface area contributed by atoms with Gasteiger partial charge in [0.15, 0.2) is 0 Å². The van der Waals surface area contributed by atoms with Gasteiger partial charge in [0.25, 0.3) is 0 Å². The summed E-state index contributed by atoms with van der Waals surface area (Å²) in [5.74, 6) is 0. The zero-order valence-electron chi connectivity index (χ0n) is 10.1. The molecule has 0 bridgehead atoms. The molecule has 1 aromatic rings. The van der Waals surface area contributed by atoms with Gasteiger partial charge in [-0.15, -0.1) is 0 Å². The van der Waals surface area contributed by atoms with Gasteiger partial charge in [0.1, 0.15) is 0 Å². The normalized spacial score (nSPS) is 10.8. The van der Waals surface area contributed by atoms with Crippen molar-refractivity contribution in [3.05, 3.63) is 32.7 Å². The Bertz CT molecular complexity index is 331. The van der Waals surface area contributed by atoms with Crippen LogP contribution < -0.4 is 5.32 Å². The van der Waals surface area contributed by atoms with Gasteiger partial charge in [-0.3, -0.25) is 0 Å². The van der Waals surface area contributed by atoms with Crippen molar-refractivity contribution in [1.29, 1.82) is 0 Å². The highest BCUT2D eigenvalue weighted by molar-refractivity contribution is 9.13. The molecule has 0 amide bonds. The van der Waals surface area contributed by atoms with Crippen LogP contribution in [0.3, 0.4) is 0 Å². The molecule has 17 heavy (non-hydrogen) atoms. The van der Waals surface area contributed by atoms with Gasteiger partial charge < -0.3 is 10.1 Å². The summed E-state index contributed by atoms with van der Waals surface area (Å²) in [5.41, 5.74) is 1.27. The van der Waals surface area contributed by atoms with Crippen molar-refractivity contribution in [2.45, 2.75) is 26.3 Å². The molecule has 0 aliphatic rings. The molecule has 1 aromatic carbocycles. The van der Waals surface area contributed by atoms with Crippen LogP contribution in [0.1, 0.15) is 25.3 Å². The van der Waals surface area contributed by atoms with Gasteiger partial charge in [-0.1, -0.05) is 19.4 Å². The smallest absolute Gasteiger partial charge is 0.0591 e. The highest BCUT2D eigenvalue weighted by Crippen LogP contribution is 2.23. The minimum atomic E-state index is 0.789. The van der Waals surface area contributed by atoms with Crippen molar-refractivity contribution in [2.24, 2.45) is 0 Å². The predicted octanol–water partition coefficient (Wildman–Crippen LogP) is 4.12. The van der Waals surface area contributed by atoms with Crippen LogP contribution in [-0.2, 0) is 11.3 Å². The first-order valence-corrected chi connectivity index (χ1v) is 7.55. The number of ether oxygens (including phenoxy) is 1. The van der Waals surface area contributed by atoms with Crippen molar-refractivity contribution in [3.63, 3.8) is 0 Å². The molecule has 0 saturated carbocycles. The Balaban J connectivity index is 2.11. The fourth-order valence-corrected chi connectivity index (χ4v) is 2.05. The zero-order chi connectivity index (χ0) is 12.5. The third-order valence-corrected chi connectivity index (χ3v) is 4.26. The number of unbranched alkanes of at least 4 members (excludes halogenated alkanes) is 1. The molecule has 0 radical (unpaired) electrons. The average molecular weight is 365 g/mol. The largest absolute Gasteiger partial charge is 0.380 e. The van der Waals surface area contributed by atoms with Crippen LogP contribution >= 0.6 is 31.9 Å². The van der Waals surface area contributed by atoms with Crippen LogP contribution in [0.15, 0.2) is 27.1 Å². The van der Waals surface area contributed by atoms with E-state index in [2.05, 4.69) is 62.3 Å². The van der Waals surface area contributed by atoms with Gasteiger partial charge in [-0.2, -0.15) is 0 Å². The van der Waals surface area contributed by atoms with Crippen molar-refractivity contribution in [1.82, 2.24) is 5.32 Å². The van der Waals surface area contributed by atoms with Crippen molar-refractivity contribution in [3.8, 4) is 0 Å². The lowest BCUT2D eigenvalue weighted by atomic mass is 10.2. The first-order valence-electron chi connectivity index (χ1n) is 5.96. The second-order valence-corrected chi connectivity index (χ2v) is 5.60. The maximum absolute atomic E-state index is 5.48. The Kier molecular flexibility index (Phi) is 8.10. The van der Waals surface area contributed by atoms with E-state index in [9.17, 15) is 0 Å². The van der Waals surface area contributed by atoms with Crippen LogP contribution in [-0.4, -0.2) is 19.8 Å². The molecule has 0 spiro atoms. The zero-order valence-corrected chi connectivity index (χ0v) is 13.3. The fraction of sp³-hybridized carbons (Fsp3) is 0.538. The third-order valence-electron chi connectivity index (χ3n) is 2.38. The Morgan fingerprint density at radius 3 is 2.71 bits per heavy atom. The fourth-order valence-electron chi connectivity index (χ4n) is 1.38. The predicted molar refractivity (Wildman–Crippen MR) is 79.3 cm³/mol. The van der Waals surface area contributed by atoms with Crippen LogP contribution in [0.4, 0.5) is 0 Å². The summed E-state index contributed by atoms with van der Waals surface area (Å²) < 4.78 is 7.66. The summed E-state index contributed by atoms with van der Waals surface area (Å²) in [4.78, 5) is 0. The Morgan fingerprint density at radius 2 is 2.00 bits per heavy atom. The molecular formula is C13H19Br2NO. The van der Waals surface area contributed by atoms with E-state index in [4.69, 9.17) is 4.74 Å². The lowest BCUT2D eigenvalue weighted by molar-refractivity contribution is 0.133. The number of halogens is 2. The number of nitrogens with one attached hydrogen (secondary N) is 1. The SMILES string of the molecule is CCCCOCCNCc1ccc(Br)c(Br)c1. The van der Waals surface area contributed by atoms with Crippen molar-refractivity contribution in [2.75, 3.05) is 19.8 Å². The molecule has 0 aliphatic heterocycles. The summed E-state index contributed by atoms with van der Waals surface area (Å²) in [6, 6.07) is 6.29. The van der Waals surface area contributed by atoms with Gasteiger partial charge in [0.2, 0.25) is 0 Å². The van der Waals surface area contributed by atoms with E-state index in [1.807, 2.05) is 0 Å². The minimum absolute atomic E-state index is 0.789. The topological polar surface area (TPSA) is 21.3 Å². The molecule has 4 heteroatoms. The van der Waals surface area contributed by atoms with E-state index in [1.165, 1.54) is 12.0 Å². The maximum Gasteiger partial charge on any atom is 0.0591 e. The number of hydrogen-bond donors (Lipinski definition) is 1. The van der Waals surface area contributed by atoms with Crippen LogP contribution in [0.5, 0.6) is 0 Å². The number of rotatable bonds is 8. The highest BCUT2D eigenvalue weighted by atomic mass is 79.9. The van der Waals surface area contributed by atoms with Crippen LogP contribution in [0.25, 0.3) is 0 Å². The number of hydrogen-bond acceptors (Lipinski definition) is 2. The summed E-state index contributed by atoms with van der Waals surface area (Å²) in [5, 5.41) is 3.36. The monoisotopic (exact) mass is 363 g/mol. The molecule has 2 nitrogen and oxygen atoms in total. The molecule has 96 valence electrons. The number of benzene rings is 1. The average Bonchev–Trinajstić information content (AvgIpc) is 2.32. The molecule has 0 atom stereocenters. The molecular weight excluding hydrogens is 346 g/mol. The molecule has 1 N–H and O–H groups in total. The van der Waals surface area contributed by atoms with E-state index in [-0.39, 0.29) is 0 Å². The van der Waals surface area contributed by atoms with Gasteiger partial charge >= 0.3 is 0 Å². The quantitative estimate of drug-likeness (QED) is 0.700. The van der Waals surface area contributed by atoms with Crippen molar-refractivity contribution < 1.29 is 4.74 Å². The Morgan fingerprint density at radius 1 is 1.18 bits per heavy atom. The lowest BCUT2D eigenvalue weighted by Crippen LogP contribution is -2.19. The molecule has 0 aliphatic carbocycles. The summed E-state index contributed by atoms with van der Waals surface area (Å²) in [7, 11) is 0. The molecule has 0 saturated heterocycles. The van der Waals surface area contributed by atoms with Crippen molar-refractivity contribution >= 4 is 31.9 Å². The second kappa shape index (κ2) is 9.09. The highest BCUT2D eigenvalue weighted by Gasteiger charge is 1.98. The molecule has 0 unspecified atom stereocenters. The molecule has 0 heterocycles. The van der Waals surface area contributed by atoms with E-state index < -0.39 is 0 Å². The first-order chi connectivity index (χ1) is 8.24. The Hall–Kier alpha value is 0.1000. The van der Waals surface area contributed by atoms with E-state index in [0.29, 0.717) is 0 Å². The molecule has 0 fully saturated rings. The van der Waals surface area contributed by atoms with Gasteiger partial charge in [0.05, 0.1) is 6.61 Å². The van der Waals surface area contributed by atoms with E-state index in [1.54, 1.807) is 0 Å². The summed E-state index contributed by atoms with van der Waals surface area (Å²) in [6.45, 7) is 5.62. The standard InChI is InChI=1S/C13H19Br2NO/c1-2-3-7-17-8-6-16-10-11-4-5-12(14)13(15)9-11/h4-5,9,16H,2-3,6-8,10H2,1H3. The Labute approximate surface area is 120 Å². The van der Waals surface area contributed by atoms with E-state index >= 15 is 0 Å². The van der Waals surface area contributed by atoms with Crippen LogP contribution in [0.2, 0.25) is 0 Å². The van der Waals surface area contributed by atoms with Gasteiger partial charge in [-0.25, -0.2) is 0 Å². The molecule has 1 rings (SSSR count). The second-order valence-electron chi connectivity index (χ2n) is 3.89. The summed E-state index contributed by atoms with van der Waals surface area (Å²) in [6.07, 6.45) is 2.35. The molecule has 0 aromatic heterocycles. The maximum atomic E-state index is 5.48. The van der Waals surface area contributed by atoms with E-state index in [0.717, 1.165) is 41.7 Å². The first kappa shape index (κ1) is 15.2.